The largest absolute Gasteiger partial charge is 1.00 e. The van der Waals surface area contributed by atoms with E-state index in [1.807, 2.05) is 50.2 Å². The quantitative estimate of drug-likeness (QED) is 0.0983. The van der Waals surface area contributed by atoms with Crippen molar-refractivity contribution in [3.63, 3.8) is 0 Å². The molecule has 4 rings (SSSR count). The minimum absolute atomic E-state index is 0. The van der Waals surface area contributed by atoms with Crippen molar-refractivity contribution in [2.75, 3.05) is 0 Å². The van der Waals surface area contributed by atoms with Crippen LogP contribution in [0.1, 0.15) is 44.7 Å². The van der Waals surface area contributed by atoms with Gasteiger partial charge in [-0.25, -0.2) is 0 Å². The first-order valence-electron chi connectivity index (χ1n) is 11.4. The summed E-state index contributed by atoms with van der Waals surface area (Å²) in [6.07, 6.45) is 4.84. The zero-order chi connectivity index (χ0) is 28.9. The summed E-state index contributed by atoms with van der Waals surface area (Å²) < 4.78 is 5.56. The predicted octanol–water partition coefficient (Wildman–Crippen LogP) is -2.58. The minimum Gasteiger partial charge on any atom is -1.00 e. The van der Waals surface area contributed by atoms with Crippen LogP contribution in [0, 0.1) is 13.8 Å². The Bertz CT molecular complexity index is 1280. The van der Waals surface area contributed by atoms with E-state index in [1.54, 1.807) is 42.7 Å². The monoisotopic (exact) mass is 612 g/mol. The second-order valence-electron chi connectivity index (χ2n) is 7.59. The van der Waals surface area contributed by atoms with Crippen molar-refractivity contribution in [3.8, 4) is 11.5 Å². The summed E-state index contributed by atoms with van der Waals surface area (Å²) in [5.41, 5.74) is 4.78. The van der Waals surface area contributed by atoms with Gasteiger partial charge in [-0.3, -0.25) is 24.4 Å². The van der Waals surface area contributed by atoms with E-state index in [-0.39, 0.29) is 123 Å². The molecule has 2 N–H and O–H groups in total. The molecule has 0 spiro atoms. The van der Waals surface area contributed by atoms with Crippen molar-refractivity contribution < 1.29 is 144 Å². The van der Waals surface area contributed by atoms with Crippen molar-refractivity contribution in [2.45, 2.75) is 27.1 Å². The zero-order valence-corrected chi connectivity index (χ0v) is 29.7. The Hall–Kier alpha value is -1.66. The average molecular weight is 613 g/mol. The summed E-state index contributed by atoms with van der Waals surface area (Å²) in [5, 5.41) is 26.1. The van der Waals surface area contributed by atoms with Crippen LogP contribution in [0.15, 0.2) is 85.2 Å². The molecular formula is C29H30K2N2O8. The van der Waals surface area contributed by atoms with Crippen LogP contribution in [0.4, 0.5) is 0 Å². The molecule has 2 aromatic heterocycles. The van der Waals surface area contributed by atoms with Crippen LogP contribution in [-0.4, -0.2) is 39.2 Å². The number of nitrogens with zero attached hydrogens (tertiary/aromatic N) is 2. The van der Waals surface area contributed by atoms with Gasteiger partial charge in [0.2, 0.25) is 0 Å². The smallest absolute Gasteiger partial charge is 1.00 e. The maximum Gasteiger partial charge on any atom is 1.00 e. The van der Waals surface area contributed by atoms with Crippen LogP contribution in [0.5, 0.6) is 11.5 Å². The fourth-order valence-corrected chi connectivity index (χ4v) is 2.95. The second kappa shape index (κ2) is 26.0. The van der Waals surface area contributed by atoms with E-state index in [9.17, 15) is 9.59 Å². The molecule has 0 bridgehead atoms. The number of rotatable bonds is 7. The number of phenolic OH excluding ortho intramolecular Hbond substituents is 1. The van der Waals surface area contributed by atoms with Crippen LogP contribution < -0.4 is 113 Å². The maximum absolute atomic E-state index is 10.7. The Morgan fingerprint density at radius 2 is 1.34 bits per heavy atom. The Labute approximate surface area is 325 Å². The minimum atomic E-state index is -0.181. The summed E-state index contributed by atoms with van der Waals surface area (Å²) in [6, 6.07) is 21.1. The standard InChI is InChI=1S/C13H11NO2.C8H11NO.C7H6O2.CH2O3.2K.H/c15-9-12-3-1-2-4-13(12)16-10-11-5-7-14-8-6-11;1-6-3-8(5-10)4-7(2)9-6;8-5-6-3-1-2-4-7(6)9;2-1-4-3;;;/h1-9H,10H2;3-4,10H,5H2,1-2H3;1-5,9H;1,3H;;;/q;;;;2*+1;-1/p-1. The van der Waals surface area contributed by atoms with Gasteiger partial charge in [-0.2, -0.15) is 0 Å². The number of aliphatic hydroxyl groups is 1. The number of carbonyl (C=O) groups excluding carboxylic acids is 3. The number of pyridine rings is 2. The van der Waals surface area contributed by atoms with E-state index >= 15 is 0 Å². The third kappa shape index (κ3) is 18.5. The molecule has 0 atom stereocenters. The van der Waals surface area contributed by atoms with E-state index in [1.165, 1.54) is 6.07 Å². The first-order chi connectivity index (χ1) is 18.9. The number of aliphatic hydroxyl groups excluding tert-OH is 1. The topological polar surface area (TPSA) is 159 Å². The molecule has 41 heavy (non-hydrogen) atoms. The Morgan fingerprint density at radius 3 is 1.80 bits per heavy atom. The molecule has 0 aliphatic rings. The van der Waals surface area contributed by atoms with Gasteiger partial charge in [0.05, 0.1) is 17.7 Å². The summed E-state index contributed by atoms with van der Waals surface area (Å²) in [6.45, 7) is 4.20. The summed E-state index contributed by atoms with van der Waals surface area (Å²) in [5.74, 6) is 0.641. The van der Waals surface area contributed by atoms with Crippen molar-refractivity contribution in [1.29, 1.82) is 0 Å². The molecule has 2 aromatic carbocycles. The molecule has 0 saturated heterocycles. The van der Waals surface area contributed by atoms with Crippen LogP contribution in [0.25, 0.3) is 0 Å². The second-order valence-corrected chi connectivity index (χ2v) is 7.59. The summed E-state index contributed by atoms with van der Waals surface area (Å²) in [7, 11) is 0. The average Bonchev–Trinajstić information content (AvgIpc) is 2.97. The Morgan fingerprint density at radius 1 is 0.829 bits per heavy atom. The predicted molar refractivity (Wildman–Crippen MR) is 142 cm³/mol. The molecule has 0 unspecified atom stereocenters. The molecule has 10 nitrogen and oxygen atoms in total. The fraction of sp³-hybridized carbons (Fsp3) is 0.138. The number of aryl methyl sites for hydroxylation is 2. The first-order valence-corrected chi connectivity index (χ1v) is 11.4. The first kappa shape index (κ1) is 41.5. The molecule has 0 aliphatic heterocycles. The van der Waals surface area contributed by atoms with Gasteiger partial charge < -0.3 is 26.5 Å². The maximum atomic E-state index is 10.7. The number of aldehydes is 2. The number of phenols is 1. The zero-order valence-electron chi connectivity index (χ0n) is 24.5. The SMILES string of the molecule is Cc1cc(CO)cc(C)n1.O=CO[O-].O=Cc1ccccc1O.O=Cc1ccccc1OCc1ccncc1.[H-].[K+].[K+]. The normalized spacial score (nSPS) is 8.68. The van der Waals surface area contributed by atoms with Crippen molar-refractivity contribution in [3.05, 3.63) is 119 Å². The Kier molecular flexibility index (Phi) is 26.3. The summed E-state index contributed by atoms with van der Waals surface area (Å²) >= 11 is 0. The number of hydrogen-bond donors (Lipinski definition) is 2. The number of aromatic hydroxyl groups is 1. The molecule has 0 aliphatic carbocycles. The van der Waals surface area contributed by atoms with E-state index < -0.39 is 0 Å². The summed E-state index contributed by atoms with van der Waals surface area (Å²) in [4.78, 5) is 40.2. The van der Waals surface area contributed by atoms with E-state index in [4.69, 9.17) is 25.0 Å². The molecule has 206 valence electrons. The number of para-hydroxylation sites is 2. The van der Waals surface area contributed by atoms with Gasteiger partial charge in [-0.05, 0) is 73.5 Å². The van der Waals surface area contributed by atoms with Gasteiger partial charge in [0, 0.05) is 23.8 Å². The number of benzene rings is 2. The molecule has 0 fully saturated rings. The van der Waals surface area contributed by atoms with Crippen LogP contribution in [-0.2, 0) is 22.9 Å². The van der Waals surface area contributed by atoms with Crippen LogP contribution in [0.3, 0.4) is 0 Å². The number of hydrogen-bond acceptors (Lipinski definition) is 10. The molecule has 2 heterocycles. The van der Waals surface area contributed by atoms with Gasteiger partial charge in [-0.15, -0.1) is 0 Å². The molecule has 12 heteroatoms. The van der Waals surface area contributed by atoms with Gasteiger partial charge in [0.25, 0.3) is 6.47 Å². The van der Waals surface area contributed by atoms with E-state index in [0.717, 1.165) is 28.8 Å². The van der Waals surface area contributed by atoms with Gasteiger partial charge in [-0.1, -0.05) is 24.3 Å². The molecule has 0 saturated carbocycles. The van der Waals surface area contributed by atoms with E-state index in [0.29, 0.717) is 29.8 Å². The number of carbonyl (C=O) groups is 3. The van der Waals surface area contributed by atoms with Crippen molar-refractivity contribution in [1.82, 2.24) is 9.97 Å². The molecular weight excluding hydrogens is 583 g/mol. The van der Waals surface area contributed by atoms with Gasteiger partial charge in [0.15, 0.2) is 12.6 Å². The third-order valence-corrected chi connectivity index (χ3v) is 4.62. The number of ether oxygens (including phenoxy) is 1. The fourth-order valence-electron chi connectivity index (χ4n) is 2.95. The third-order valence-electron chi connectivity index (χ3n) is 4.62. The molecule has 4 aromatic rings. The molecule has 0 radical (unpaired) electrons. The van der Waals surface area contributed by atoms with Gasteiger partial charge >= 0.3 is 103 Å². The van der Waals surface area contributed by atoms with Crippen molar-refractivity contribution in [2.24, 2.45) is 0 Å². The van der Waals surface area contributed by atoms with Crippen molar-refractivity contribution >= 4 is 19.0 Å². The van der Waals surface area contributed by atoms with Crippen LogP contribution in [0.2, 0.25) is 0 Å². The Balaban J connectivity index is -0.000000514. The van der Waals surface area contributed by atoms with E-state index in [2.05, 4.69) is 14.9 Å². The van der Waals surface area contributed by atoms with Crippen LogP contribution >= 0.6 is 0 Å². The van der Waals surface area contributed by atoms with Gasteiger partial charge in [0.1, 0.15) is 18.1 Å². The molecule has 0 amide bonds. The number of aromatic nitrogens is 2.